The quantitative estimate of drug-likeness (QED) is 0.657. The number of rotatable bonds is 6. The van der Waals surface area contributed by atoms with E-state index < -0.39 is 0 Å². The summed E-state index contributed by atoms with van der Waals surface area (Å²) in [5.74, 6) is 0.657. The average Bonchev–Trinajstić information content (AvgIpc) is 2.85. The zero-order chi connectivity index (χ0) is 24.9. The van der Waals surface area contributed by atoms with Gasteiger partial charge in [0.15, 0.2) is 0 Å². The molecule has 2 heterocycles. The molecule has 1 fully saturated rings. The first-order valence-electron chi connectivity index (χ1n) is 11.7. The highest BCUT2D eigenvalue weighted by Crippen LogP contribution is 2.32. The highest BCUT2D eigenvalue weighted by Gasteiger charge is 2.39. The van der Waals surface area contributed by atoms with Gasteiger partial charge in [-0.15, -0.1) is 0 Å². The first-order valence-corrected chi connectivity index (χ1v) is 11.7. The minimum atomic E-state index is -0.354. The summed E-state index contributed by atoms with van der Waals surface area (Å²) >= 11 is 0. The molecule has 2 aliphatic heterocycles. The van der Waals surface area contributed by atoms with Gasteiger partial charge in [0.1, 0.15) is 24.2 Å². The standard InChI is InChI=1S/C26H31N3O6/c1-16(30)28-18-8-11-23-20(12-18)26(32)29(2)21-10-9-19(35-24(21)15-34-23)13-25(31)27-14-17-6-4-5-7-22(17)33-3/h4-8,11-12,19,21,24H,9-10,13-15H2,1-3H3,(H,27,31)(H,28,30)/t19-,21+,24+/m0/s1. The zero-order valence-corrected chi connectivity index (χ0v) is 20.2. The Hall–Kier alpha value is -3.59. The van der Waals surface area contributed by atoms with Crippen molar-refractivity contribution in [1.29, 1.82) is 0 Å². The summed E-state index contributed by atoms with van der Waals surface area (Å²) in [6.07, 6.45) is 0.961. The Morgan fingerprint density at radius 1 is 1.17 bits per heavy atom. The van der Waals surface area contributed by atoms with Crippen molar-refractivity contribution >= 4 is 23.4 Å². The van der Waals surface area contributed by atoms with Gasteiger partial charge in [-0.2, -0.15) is 0 Å². The summed E-state index contributed by atoms with van der Waals surface area (Å²) in [4.78, 5) is 38.9. The molecule has 186 valence electrons. The molecule has 2 aromatic rings. The van der Waals surface area contributed by atoms with E-state index >= 15 is 0 Å². The number of likely N-dealkylation sites (N-methyl/N-ethyl adjacent to an activating group) is 1. The Balaban J connectivity index is 1.38. The van der Waals surface area contributed by atoms with E-state index in [0.717, 1.165) is 11.3 Å². The van der Waals surface area contributed by atoms with Gasteiger partial charge in [-0.05, 0) is 37.1 Å². The number of amides is 3. The summed E-state index contributed by atoms with van der Waals surface area (Å²) in [6, 6.07) is 12.4. The monoisotopic (exact) mass is 481 g/mol. The van der Waals surface area contributed by atoms with Crippen LogP contribution in [0.15, 0.2) is 42.5 Å². The van der Waals surface area contributed by atoms with Crippen LogP contribution >= 0.6 is 0 Å². The van der Waals surface area contributed by atoms with Crippen LogP contribution in [0.4, 0.5) is 5.69 Å². The van der Waals surface area contributed by atoms with Crippen LogP contribution in [0, 0.1) is 0 Å². The largest absolute Gasteiger partial charge is 0.496 e. The topological polar surface area (TPSA) is 106 Å². The Bertz CT molecular complexity index is 1100. The molecule has 3 amide bonds. The van der Waals surface area contributed by atoms with Gasteiger partial charge in [-0.3, -0.25) is 14.4 Å². The van der Waals surface area contributed by atoms with E-state index in [2.05, 4.69) is 10.6 Å². The molecule has 2 N–H and O–H groups in total. The number of nitrogens with one attached hydrogen (secondary N) is 2. The number of nitrogens with zero attached hydrogens (tertiary/aromatic N) is 1. The minimum absolute atomic E-state index is 0.105. The smallest absolute Gasteiger partial charge is 0.257 e. The van der Waals surface area contributed by atoms with Crippen molar-refractivity contribution in [2.24, 2.45) is 0 Å². The molecule has 9 nitrogen and oxygen atoms in total. The molecule has 0 radical (unpaired) electrons. The van der Waals surface area contributed by atoms with Gasteiger partial charge >= 0.3 is 0 Å². The molecule has 3 atom stereocenters. The fraction of sp³-hybridized carbons (Fsp3) is 0.423. The molecule has 1 saturated heterocycles. The molecule has 0 saturated carbocycles. The highest BCUT2D eigenvalue weighted by molar-refractivity contribution is 5.99. The van der Waals surface area contributed by atoms with Crippen molar-refractivity contribution < 1.29 is 28.6 Å². The predicted octanol–water partition coefficient (Wildman–Crippen LogP) is 2.74. The molecule has 35 heavy (non-hydrogen) atoms. The number of para-hydroxylation sites is 1. The molecule has 0 unspecified atom stereocenters. The maximum atomic E-state index is 13.2. The lowest BCUT2D eigenvalue weighted by Crippen LogP contribution is -2.53. The van der Waals surface area contributed by atoms with Gasteiger partial charge in [0.25, 0.3) is 5.91 Å². The SMILES string of the molecule is COc1ccccc1CNC(=O)C[C@@H]1CC[C@@H]2[C@@H](COc3ccc(NC(C)=O)cc3C(=O)N2C)O1. The van der Waals surface area contributed by atoms with Crippen LogP contribution in [-0.4, -0.2) is 61.6 Å². The van der Waals surface area contributed by atoms with Crippen LogP contribution in [0.3, 0.4) is 0 Å². The Kier molecular flexibility index (Phi) is 7.55. The molecule has 9 heteroatoms. The van der Waals surface area contributed by atoms with Gasteiger partial charge in [0.05, 0.1) is 31.2 Å². The van der Waals surface area contributed by atoms with Crippen LogP contribution in [0.5, 0.6) is 11.5 Å². The molecule has 2 aliphatic rings. The normalized spacial score (nSPS) is 21.5. The molecule has 4 rings (SSSR count). The molecule has 2 aromatic carbocycles. The van der Waals surface area contributed by atoms with E-state index in [1.165, 1.54) is 6.92 Å². The van der Waals surface area contributed by atoms with Crippen molar-refractivity contribution in [2.45, 2.75) is 51.0 Å². The average molecular weight is 482 g/mol. The van der Waals surface area contributed by atoms with Crippen molar-refractivity contribution in [3.05, 3.63) is 53.6 Å². The van der Waals surface area contributed by atoms with Crippen LogP contribution < -0.4 is 20.1 Å². The second-order valence-corrected chi connectivity index (χ2v) is 8.85. The molecule has 0 bridgehead atoms. The van der Waals surface area contributed by atoms with Gasteiger partial charge in [0.2, 0.25) is 11.8 Å². The number of carbonyl (C=O) groups excluding carboxylic acids is 3. The summed E-state index contributed by atoms with van der Waals surface area (Å²) in [6.45, 7) is 2.05. The Labute approximate surface area is 204 Å². The fourth-order valence-electron chi connectivity index (χ4n) is 4.63. The number of benzene rings is 2. The molecular weight excluding hydrogens is 450 g/mol. The highest BCUT2D eigenvalue weighted by atomic mass is 16.5. The van der Waals surface area contributed by atoms with E-state index in [0.29, 0.717) is 36.4 Å². The van der Waals surface area contributed by atoms with Gasteiger partial charge < -0.3 is 29.7 Å². The van der Waals surface area contributed by atoms with Crippen molar-refractivity contribution in [1.82, 2.24) is 10.2 Å². The maximum absolute atomic E-state index is 13.2. The third-order valence-electron chi connectivity index (χ3n) is 6.41. The third kappa shape index (κ3) is 5.74. The van der Waals surface area contributed by atoms with E-state index in [1.807, 2.05) is 24.3 Å². The van der Waals surface area contributed by atoms with Crippen molar-refractivity contribution in [2.75, 3.05) is 26.1 Å². The van der Waals surface area contributed by atoms with E-state index in [1.54, 1.807) is 37.3 Å². The van der Waals surface area contributed by atoms with E-state index in [9.17, 15) is 14.4 Å². The molecule has 0 spiro atoms. The summed E-state index contributed by atoms with van der Waals surface area (Å²) in [7, 11) is 3.36. The van der Waals surface area contributed by atoms with Crippen LogP contribution in [0.2, 0.25) is 0 Å². The van der Waals surface area contributed by atoms with Crippen LogP contribution in [-0.2, 0) is 20.9 Å². The lowest BCUT2D eigenvalue weighted by molar-refractivity contribution is -0.134. The molecular formula is C26H31N3O6. The first-order chi connectivity index (χ1) is 16.9. The number of fused-ring (bicyclic) bond motifs is 2. The summed E-state index contributed by atoms with van der Waals surface area (Å²) in [5.41, 5.74) is 1.84. The molecule has 0 aliphatic carbocycles. The fourth-order valence-corrected chi connectivity index (χ4v) is 4.63. The number of hydrogen-bond donors (Lipinski definition) is 2. The summed E-state index contributed by atoms with van der Waals surface area (Å²) in [5, 5.41) is 5.64. The number of methoxy groups -OCH3 is 1. The number of carbonyl (C=O) groups is 3. The number of hydrogen-bond acceptors (Lipinski definition) is 6. The van der Waals surface area contributed by atoms with Gasteiger partial charge in [-0.25, -0.2) is 0 Å². The van der Waals surface area contributed by atoms with Crippen molar-refractivity contribution in [3.8, 4) is 11.5 Å². The third-order valence-corrected chi connectivity index (χ3v) is 6.41. The maximum Gasteiger partial charge on any atom is 0.257 e. The zero-order valence-electron chi connectivity index (χ0n) is 20.2. The lowest BCUT2D eigenvalue weighted by Gasteiger charge is -2.42. The number of anilines is 1. The second-order valence-electron chi connectivity index (χ2n) is 8.85. The van der Waals surface area contributed by atoms with Crippen molar-refractivity contribution in [3.63, 3.8) is 0 Å². The number of ether oxygens (including phenoxy) is 3. The molecule has 0 aromatic heterocycles. The second kappa shape index (κ2) is 10.8. The lowest BCUT2D eigenvalue weighted by atomic mass is 9.94. The predicted molar refractivity (Wildman–Crippen MR) is 129 cm³/mol. The van der Waals surface area contributed by atoms with E-state index in [4.69, 9.17) is 14.2 Å². The van der Waals surface area contributed by atoms with Gasteiger partial charge in [0, 0.05) is 31.8 Å². The van der Waals surface area contributed by atoms with Crippen LogP contribution in [0.25, 0.3) is 0 Å². The van der Waals surface area contributed by atoms with Gasteiger partial charge in [-0.1, -0.05) is 18.2 Å². The first kappa shape index (κ1) is 24.5. The Morgan fingerprint density at radius 3 is 2.74 bits per heavy atom. The minimum Gasteiger partial charge on any atom is -0.496 e. The van der Waals surface area contributed by atoms with E-state index in [-0.39, 0.29) is 49.0 Å². The van der Waals surface area contributed by atoms with Crippen LogP contribution in [0.1, 0.15) is 42.1 Å². The Morgan fingerprint density at radius 2 is 1.97 bits per heavy atom. The summed E-state index contributed by atoms with van der Waals surface area (Å²) < 4.78 is 17.5.